The third kappa shape index (κ3) is 2.49. The van der Waals surface area contributed by atoms with Crippen LogP contribution in [0.2, 0.25) is 0 Å². The van der Waals surface area contributed by atoms with Gasteiger partial charge in [0.2, 0.25) is 0 Å². The fourth-order valence-corrected chi connectivity index (χ4v) is 3.39. The summed E-state index contributed by atoms with van der Waals surface area (Å²) in [4.78, 5) is 10.7. The fourth-order valence-electron chi connectivity index (χ4n) is 2.54. The molecule has 0 aromatic rings. The summed E-state index contributed by atoms with van der Waals surface area (Å²) >= 11 is 3.22. The van der Waals surface area contributed by atoms with Gasteiger partial charge in [-0.3, -0.25) is 10.1 Å². The number of halogens is 1. The second-order valence-corrected chi connectivity index (χ2v) is 6.24. The minimum absolute atomic E-state index is 0.0182. The first-order valence-corrected chi connectivity index (χ1v) is 6.72. The van der Waals surface area contributed by atoms with Gasteiger partial charge < -0.3 is 14.0 Å². The number of hydrogen-bond donors (Lipinski definition) is 0. The maximum atomic E-state index is 11.0. The second-order valence-electron chi connectivity index (χ2n) is 4.43. The van der Waals surface area contributed by atoms with Gasteiger partial charge >= 0.3 is 0 Å². The maximum Gasteiger partial charge on any atom is 0.275 e. The van der Waals surface area contributed by atoms with E-state index in [9.17, 15) is 10.1 Å². The van der Waals surface area contributed by atoms with Crippen molar-refractivity contribution in [2.45, 2.75) is 29.5 Å². The van der Waals surface area contributed by atoms with Crippen molar-refractivity contribution in [3.05, 3.63) is 10.1 Å². The van der Waals surface area contributed by atoms with Crippen LogP contribution in [0.25, 0.3) is 0 Å². The summed E-state index contributed by atoms with van der Waals surface area (Å²) in [5, 5.41) is 11.0. The Morgan fingerprint density at radius 2 is 2.18 bits per heavy atom. The molecule has 2 aliphatic rings. The van der Waals surface area contributed by atoms with E-state index in [0.717, 1.165) is 0 Å². The number of nitrogens with zero attached hydrogens (tertiary/aromatic N) is 1. The molecule has 0 bridgehead atoms. The molecule has 2 fully saturated rings. The van der Waals surface area contributed by atoms with E-state index in [4.69, 9.17) is 14.0 Å². The van der Waals surface area contributed by atoms with Crippen LogP contribution in [0.5, 0.6) is 0 Å². The van der Waals surface area contributed by atoms with Gasteiger partial charge in [-0.15, -0.1) is 0 Å². The van der Waals surface area contributed by atoms with Crippen LogP contribution in [0.15, 0.2) is 0 Å². The maximum absolute atomic E-state index is 11.0. The molecule has 1 aliphatic carbocycles. The zero-order valence-electron chi connectivity index (χ0n) is 9.26. The second kappa shape index (κ2) is 5.05. The summed E-state index contributed by atoms with van der Waals surface area (Å²) < 4.78 is 15.3. The predicted molar refractivity (Wildman–Crippen MR) is 66.3 cm³/mol. The molecule has 1 saturated heterocycles. The van der Waals surface area contributed by atoms with Crippen LogP contribution in [0, 0.1) is 16.0 Å². The van der Waals surface area contributed by atoms with E-state index >= 15 is 0 Å². The summed E-state index contributed by atoms with van der Waals surface area (Å²) in [7, 11) is 2.16. The molecule has 6 nitrogen and oxygen atoms in total. The van der Waals surface area contributed by atoms with Gasteiger partial charge in [-0.2, -0.15) is 0 Å². The standard InChI is InChI=1S/C9H15BrNO5P/c10-8(11(12)13)2-1-7(5-8)9(6-16-17)14-3-4-15-9/h7H,1-6,17H2. The van der Waals surface area contributed by atoms with Crippen molar-refractivity contribution >= 4 is 25.4 Å². The summed E-state index contributed by atoms with van der Waals surface area (Å²) in [6.07, 6.45) is 1.57. The van der Waals surface area contributed by atoms with E-state index in [1.165, 1.54) is 0 Å². The van der Waals surface area contributed by atoms with Crippen LogP contribution < -0.4 is 0 Å². The van der Waals surface area contributed by atoms with Crippen LogP contribution in [-0.2, 0) is 14.0 Å². The van der Waals surface area contributed by atoms with Crippen LogP contribution >= 0.6 is 25.4 Å². The van der Waals surface area contributed by atoms with Crippen molar-refractivity contribution in [3.8, 4) is 0 Å². The molecule has 0 N–H and O–H groups in total. The minimum atomic E-state index is -1.04. The molecular formula is C9H15BrNO5P. The first-order chi connectivity index (χ1) is 8.02. The molecule has 3 unspecified atom stereocenters. The van der Waals surface area contributed by atoms with Gasteiger partial charge in [-0.25, -0.2) is 0 Å². The average Bonchev–Trinajstić information content (AvgIpc) is 2.87. The van der Waals surface area contributed by atoms with Gasteiger partial charge in [0, 0.05) is 49.1 Å². The molecule has 0 spiro atoms. The van der Waals surface area contributed by atoms with Crippen molar-refractivity contribution < 1.29 is 18.9 Å². The SMILES string of the molecule is O=[N+]([O-])C1(Br)CCC(C2(COP)OCCO2)C1. The Kier molecular flexibility index (Phi) is 4.05. The van der Waals surface area contributed by atoms with E-state index in [1.807, 2.05) is 0 Å². The zero-order chi connectivity index (χ0) is 12.5. The summed E-state index contributed by atoms with van der Waals surface area (Å²) in [6, 6.07) is 0. The van der Waals surface area contributed by atoms with E-state index in [1.54, 1.807) is 0 Å². The van der Waals surface area contributed by atoms with Crippen molar-refractivity contribution in [3.63, 3.8) is 0 Å². The molecule has 1 saturated carbocycles. The number of ether oxygens (including phenoxy) is 2. The highest BCUT2D eigenvalue weighted by Gasteiger charge is 2.56. The van der Waals surface area contributed by atoms with E-state index in [2.05, 4.69) is 25.4 Å². The van der Waals surface area contributed by atoms with Crippen LogP contribution in [0.4, 0.5) is 0 Å². The van der Waals surface area contributed by atoms with Gasteiger partial charge in [0.05, 0.1) is 13.2 Å². The van der Waals surface area contributed by atoms with Gasteiger partial charge in [-0.05, 0) is 6.42 Å². The molecule has 0 amide bonds. The molecule has 98 valence electrons. The van der Waals surface area contributed by atoms with Crippen molar-refractivity contribution in [1.82, 2.24) is 0 Å². The first-order valence-electron chi connectivity index (χ1n) is 5.45. The Labute approximate surface area is 110 Å². The smallest absolute Gasteiger partial charge is 0.275 e. The van der Waals surface area contributed by atoms with Crippen molar-refractivity contribution in [2.75, 3.05) is 19.8 Å². The molecule has 3 atom stereocenters. The minimum Gasteiger partial charge on any atom is -0.360 e. The van der Waals surface area contributed by atoms with E-state index in [-0.39, 0.29) is 17.4 Å². The highest BCUT2D eigenvalue weighted by Crippen LogP contribution is 2.48. The third-order valence-corrected chi connectivity index (χ3v) is 4.62. The predicted octanol–water partition coefficient (Wildman–Crippen LogP) is 1.70. The molecule has 17 heavy (non-hydrogen) atoms. The molecule has 2 rings (SSSR count). The Balaban J connectivity index is 2.10. The normalized spacial score (nSPS) is 36.2. The van der Waals surface area contributed by atoms with E-state index < -0.39 is 10.2 Å². The molecule has 1 heterocycles. The largest absolute Gasteiger partial charge is 0.360 e. The molecular weight excluding hydrogens is 313 g/mol. The summed E-state index contributed by atoms with van der Waals surface area (Å²) in [6.45, 7) is 1.31. The van der Waals surface area contributed by atoms with Gasteiger partial charge in [0.15, 0.2) is 5.79 Å². The van der Waals surface area contributed by atoms with E-state index in [0.29, 0.717) is 32.5 Å². The lowest BCUT2D eigenvalue weighted by molar-refractivity contribution is -0.534. The van der Waals surface area contributed by atoms with Crippen LogP contribution in [0.3, 0.4) is 0 Å². The Morgan fingerprint density at radius 3 is 2.65 bits per heavy atom. The van der Waals surface area contributed by atoms with Gasteiger partial charge in [0.1, 0.15) is 6.61 Å². The average molecular weight is 328 g/mol. The lowest BCUT2D eigenvalue weighted by Gasteiger charge is -2.32. The number of nitro groups is 1. The number of rotatable bonds is 4. The highest BCUT2D eigenvalue weighted by atomic mass is 79.9. The molecule has 0 aromatic carbocycles. The third-order valence-electron chi connectivity index (χ3n) is 3.44. The summed E-state index contributed by atoms with van der Waals surface area (Å²) in [5.41, 5.74) is 0. The van der Waals surface area contributed by atoms with Crippen molar-refractivity contribution in [2.24, 2.45) is 5.92 Å². The number of hydrogen-bond acceptors (Lipinski definition) is 5. The summed E-state index contributed by atoms with van der Waals surface area (Å²) in [5.74, 6) is -0.830. The lowest BCUT2D eigenvalue weighted by atomic mass is 9.97. The van der Waals surface area contributed by atoms with Crippen molar-refractivity contribution in [1.29, 1.82) is 0 Å². The first kappa shape index (κ1) is 13.6. The van der Waals surface area contributed by atoms with Crippen LogP contribution in [-0.4, -0.2) is 35.0 Å². The number of alkyl halides is 1. The Morgan fingerprint density at radius 1 is 1.53 bits per heavy atom. The van der Waals surface area contributed by atoms with Gasteiger partial charge in [-0.1, -0.05) is 0 Å². The van der Waals surface area contributed by atoms with Gasteiger partial charge in [0.25, 0.3) is 4.45 Å². The lowest BCUT2D eigenvalue weighted by Crippen LogP contribution is -2.43. The molecule has 0 aromatic heterocycles. The fraction of sp³-hybridized carbons (Fsp3) is 1.00. The topological polar surface area (TPSA) is 70.8 Å². The Bertz CT molecular complexity index is 312. The monoisotopic (exact) mass is 327 g/mol. The molecule has 1 aliphatic heterocycles. The highest BCUT2D eigenvalue weighted by molar-refractivity contribution is 9.10. The quantitative estimate of drug-likeness (QED) is 0.258. The molecule has 0 radical (unpaired) electrons. The Hall–Kier alpha value is 0.190. The van der Waals surface area contributed by atoms with Crippen LogP contribution in [0.1, 0.15) is 19.3 Å². The molecule has 8 heteroatoms. The zero-order valence-corrected chi connectivity index (χ0v) is 12.0.